The van der Waals surface area contributed by atoms with Crippen LogP contribution < -0.4 is 10.6 Å². The van der Waals surface area contributed by atoms with E-state index in [1.807, 2.05) is 48.5 Å². The number of hydrogen-bond donors (Lipinski definition) is 2. The van der Waals surface area contributed by atoms with Gasteiger partial charge in [0.25, 0.3) is 0 Å². The van der Waals surface area contributed by atoms with E-state index < -0.39 is 11.5 Å². The Bertz CT molecular complexity index is 1110. The molecular weight excluding hydrogens is 512 g/mol. The fourth-order valence-electron chi connectivity index (χ4n) is 6.05. The van der Waals surface area contributed by atoms with Gasteiger partial charge in [-0.05, 0) is 49.3 Å². The van der Waals surface area contributed by atoms with Crippen molar-refractivity contribution in [1.29, 1.82) is 5.26 Å². The third-order valence-electron chi connectivity index (χ3n) is 8.60. The zero-order valence-electron chi connectivity index (χ0n) is 24.4. The molecule has 1 heterocycles. The molecule has 2 N–H and O–H groups in total. The minimum absolute atomic E-state index is 0.0399. The number of nitriles is 1. The van der Waals surface area contributed by atoms with Crippen LogP contribution in [0.1, 0.15) is 56.1 Å². The van der Waals surface area contributed by atoms with Crippen molar-refractivity contribution < 1.29 is 14.3 Å². The molecule has 1 amide bonds. The Balaban J connectivity index is 1.47. The van der Waals surface area contributed by atoms with Crippen molar-refractivity contribution >= 4 is 11.7 Å². The van der Waals surface area contributed by atoms with E-state index >= 15 is 0 Å². The van der Waals surface area contributed by atoms with Crippen LogP contribution in [0.5, 0.6) is 0 Å². The molecule has 1 aliphatic carbocycles. The quantitative estimate of drug-likeness (QED) is 0.250. The molecule has 1 saturated carbocycles. The first-order chi connectivity index (χ1) is 20.1. The number of aryl methyl sites for hydroxylation is 1. The van der Waals surface area contributed by atoms with E-state index in [2.05, 4.69) is 33.7 Å². The fraction of sp³-hybridized carbons (Fsp3) is 0.559. The number of ketones is 1. The van der Waals surface area contributed by atoms with Crippen molar-refractivity contribution in [2.24, 2.45) is 11.8 Å². The molecule has 2 aliphatic rings. The number of amides is 1. The molecule has 0 aromatic heterocycles. The Kier molecular flexibility index (Phi) is 12.4. The Morgan fingerprint density at radius 1 is 0.951 bits per heavy atom. The molecule has 220 valence electrons. The number of Topliss-reactive ketones (excluding diaryl/α,β-unsaturated/α-hetero) is 1. The van der Waals surface area contributed by atoms with Crippen molar-refractivity contribution in [3.05, 3.63) is 71.8 Å². The molecule has 0 bridgehead atoms. The van der Waals surface area contributed by atoms with Crippen molar-refractivity contribution in [3.63, 3.8) is 0 Å². The van der Waals surface area contributed by atoms with E-state index in [0.29, 0.717) is 64.6 Å². The maximum atomic E-state index is 14.0. The molecule has 2 aromatic carbocycles. The number of benzene rings is 2. The summed E-state index contributed by atoms with van der Waals surface area (Å²) in [6.07, 6.45) is 8.17. The number of carbonyl (C=O) groups is 2. The third-order valence-corrected chi connectivity index (χ3v) is 8.60. The summed E-state index contributed by atoms with van der Waals surface area (Å²) in [6.45, 7) is 3.89. The third kappa shape index (κ3) is 10.1. The standard InChI is InChI=1S/C34H46N4O3/c35-26-34(18-16-28-10-4-1-5-11-28,27-36-19-17-29-12-6-2-7-13-29)37-33(40)31(24-30-14-8-3-9-15-30)32(39)25-38-20-22-41-23-21-38/h1-2,4-7,10-13,30-31,36H,3,8-9,14-25,27H2,(H,37,40). The lowest BCUT2D eigenvalue weighted by Crippen LogP contribution is -2.57. The molecule has 0 radical (unpaired) electrons. The van der Waals surface area contributed by atoms with E-state index in [0.717, 1.165) is 37.7 Å². The predicted molar refractivity (Wildman–Crippen MR) is 161 cm³/mol. The first-order valence-corrected chi connectivity index (χ1v) is 15.4. The van der Waals surface area contributed by atoms with Gasteiger partial charge in [0, 0.05) is 19.6 Å². The normalized spacial score (nSPS) is 18.6. The smallest absolute Gasteiger partial charge is 0.231 e. The summed E-state index contributed by atoms with van der Waals surface area (Å²) in [4.78, 5) is 29.7. The molecule has 41 heavy (non-hydrogen) atoms. The van der Waals surface area contributed by atoms with Gasteiger partial charge in [-0.15, -0.1) is 0 Å². The number of hydrogen-bond acceptors (Lipinski definition) is 6. The highest BCUT2D eigenvalue weighted by Crippen LogP contribution is 2.30. The first-order valence-electron chi connectivity index (χ1n) is 15.4. The summed E-state index contributed by atoms with van der Waals surface area (Å²) in [5.74, 6) is -0.706. The average molecular weight is 559 g/mol. The van der Waals surface area contributed by atoms with Crippen molar-refractivity contribution in [1.82, 2.24) is 15.5 Å². The highest BCUT2D eigenvalue weighted by atomic mass is 16.5. The molecule has 4 rings (SSSR count). The molecule has 1 saturated heterocycles. The maximum absolute atomic E-state index is 14.0. The lowest BCUT2D eigenvalue weighted by molar-refractivity contribution is -0.137. The van der Waals surface area contributed by atoms with Crippen LogP contribution in [0.15, 0.2) is 60.7 Å². The van der Waals surface area contributed by atoms with E-state index in [-0.39, 0.29) is 18.2 Å². The summed E-state index contributed by atoms with van der Waals surface area (Å²) in [5, 5.41) is 17.1. The monoisotopic (exact) mass is 558 g/mol. The van der Waals surface area contributed by atoms with Crippen molar-refractivity contribution in [2.45, 2.75) is 63.3 Å². The lowest BCUT2D eigenvalue weighted by Gasteiger charge is -2.33. The Morgan fingerprint density at radius 3 is 2.22 bits per heavy atom. The number of ether oxygens (including phenoxy) is 1. The summed E-state index contributed by atoms with van der Waals surface area (Å²) in [5.41, 5.74) is 1.22. The molecule has 7 heteroatoms. The summed E-state index contributed by atoms with van der Waals surface area (Å²) in [7, 11) is 0. The molecule has 2 atom stereocenters. The van der Waals surface area contributed by atoms with Crippen LogP contribution in [0.25, 0.3) is 0 Å². The number of carbonyl (C=O) groups excluding carboxylic acids is 2. The zero-order valence-corrected chi connectivity index (χ0v) is 24.4. The van der Waals surface area contributed by atoms with Crippen molar-refractivity contribution in [2.75, 3.05) is 45.9 Å². The number of nitrogens with one attached hydrogen (secondary N) is 2. The van der Waals surface area contributed by atoms with Crippen LogP contribution in [0, 0.1) is 23.2 Å². The van der Waals surface area contributed by atoms with E-state index in [1.54, 1.807) is 0 Å². The molecule has 0 spiro atoms. The van der Waals surface area contributed by atoms with Gasteiger partial charge in [0.15, 0.2) is 5.78 Å². The predicted octanol–water partition coefficient (Wildman–Crippen LogP) is 4.32. The molecular formula is C34H46N4O3. The minimum Gasteiger partial charge on any atom is -0.379 e. The lowest BCUT2D eigenvalue weighted by atomic mass is 9.80. The van der Waals surface area contributed by atoms with Crippen LogP contribution >= 0.6 is 0 Å². The van der Waals surface area contributed by atoms with E-state index in [1.165, 1.54) is 12.0 Å². The largest absolute Gasteiger partial charge is 0.379 e. The van der Waals surface area contributed by atoms with Crippen molar-refractivity contribution in [3.8, 4) is 6.07 Å². The summed E-state index contributed by atoms with van der Waals surface area (Å²) >= 11 is 0. The Morgan fingerprint density at radius 2 is 1.59 bits per heavy atom. The Labute approximate surface area is 245 Å². The van der Waals surface area contributed by atoms with Crippen LogP contribution in [0.3, 0.4) is 0 Å². The number of rotatable bonds is 15. The van der Waals surface area contributed by atoms with Crippen LogP contribution in [-0.2, 0) is 27.2 Å². The second kappa shape index (κ2) is 16.4. The zero-order chi connectivity index (χ0) is 28.8. The highest BCUT2D eigenvalue weighted by Gasteiger charge is 2.38. The second-order valence-corrected chi connectivity index (χ2v) is 11.7. The van der Waals surface area contributed by atoms with E-state index in [4.69, 9.17) is 4.74 Å². The molecule has 2 fully saturated rings. The average Bonchev–Trinajstić information content (AvgIpc) is 3.02. The van der Waals surface area contributed by atoms with Gasteiger partial charge in [-0.25, -0.2) is 0 Å². The highest BCUT2D eigenvalue weighted by molar-refractivity contribution is 6.02. The number of morpholine rings is 1. The minimum atomic E-state index is -1.12. The van der Waals surface area contributed by atoms with Crippen LogP contribution in [0.4, 0.5) is 0 Å². The van der Waals surface area contributed by atoms with Gasteiger partial charge < -0.3 is 15.4 Å². The van der Waals surface area contributed by atoms with Crippen LogP contribution in [0.2, 0.25) is 0 Å². The summed E-state index contributed by atoms with van der Waals surface area (Å²) < 4.78 is 5.45. The van der Waals surface area contributed by atoms with E-state index in [9.17, 15) is 14.9 Å². The fourth-order valence-corrected chi connectivity index (χ4v) is 6.05. The molecule has 2 unspecified atom stereocenters. The Hall–Kier alpha value is -3.05. The van der Waals surface area contributed by atoms with Gasteiger partial charge in [0.2, 0.25) is 5.91 Å². The van der Waals surface area contributed by atoms with Gasteiger partial charge in [0.1, 0.15) is 5.54 Å². The second-order valence-electron chi connectivity index (χ2n) is 11.7. The molecule has 1 aliphatic heterocycles. The summed E-state index contributed by atoms with van der Waals surface area (Å²) in [6, 6.07) is 22.7. The molecule has 7 nitrogen and oxygen atoms in total. The van der Waals surface area contributed by atoms with Gasteiger partial charge in [-0.2, -0.15) is 5.26 Å². The number of nitrogens with zero attached hydrogens (tertiary/aromatic N) is 2. The van der Waals surface area contributed by atoms with Crippen LogP contribution in [-0.4, -0.2) is 68.1 Å². The van der Waals surface area contributed by atoms with Gasteiger partial charge >= 0.3 is 0 Å². The maximum Gasteiger partial charge on any atom is 0.231 e. The first kappa shape index (κ1) is 30.9. The van der Waals surface area contributed by atoms with Gasteiger partial charge in [-0.3, -0.25) is 14.5 Å². The topological polar surface area (TPSA) is 94.5 Å². The van der Waals surface area contributed by atoms with Gasteiger partial charge in [-0.1, -0.05) is 92.8 Å². The SMILES string of the molecule is N#CC(CCc1ccccc1)(CNCCc1ccccc1)NC(=O)C(CC1CCCCC1)C(=O)CN1CCOCC1. The molecule has 2 aromatic rings. The van der Waals surface area contributed by atoms with Gasteiger partial charge in [0.05, 0.1) is 31.7 Å².